The maximum atomic E-state index is 12.8. The SMILES string of the molecule is CC(C)(C)c1cc(NC(=O)[C@@H]2CCC(=O)N2c2ccc(OC(F)(F)F)cc2)no1.CC(C)(C)c1cc(NC(=O)[C@@H]2CCC(=O)N2c2ccc(OC(F)(F)F)cc2)on1.CC(C)c1ccc(N2C(=O)CC[C@H]2C(=O)Nc2cc(C(C)(C)C)on2)cc1.COc1ccc(N2C(=O)CC[C@H]2C(=O)Nc2cc(C(C)(C)C)no2)cc1.COc1ccc(N2C(=O)CC[C@H]2C(=O)Nc2cc(C(C)(C)C)on2)cc1. The van der Waals surface area contributed by atoms with Crippen LogP contribution in [-0.4, -0.2) is 142 Å². The molecule has 0 unspecified atom stereocenters. The van der Waals surface area contributed by atoms with Gasteiger partial charge >= 0.3 is 12.7 Å². The van der Waals surface area contributed by atoms with Crippen molar-refractivity contribution in [2.45, 2.75) is 258 Å². The van der Waals surface area contributed by atoms with Crippen LogP contribution in [0.1, 0.15) is 222 Å². The standard InChI is InChI=1S/C21H27N3O3.2C19H20F3N3O4.2C19H23N3O4/c1-13(2)14-6-8-15(9-7-14)24-16(10-11-19(24)25)20(26)22-18-12-17(27-23-18)21(3,4)5;1-18(2,3)14-10-15(24-29-14)23-17(27)13-8-9-16(26)25(13)11-4-6-12(7-5-11)28-19(20,21)22;1-18(2,3)14-10-15(29-24-14)23-17(27)13-8-9-16(26)25(13)11-4-6-12(7-5-11)28-19(20,21)22;1-19(2,3)15-11-16(21-26-15)20-18(24)14-9-10-17(23)22(14)12-5-7-13(25-4)8-6-12;1-19(2,3)15-11-16(26-21-15)20-18(24)14-9-10-17(23)22(14)12-5-7-13(25-4)8-6-12/h6-9,12-13,16H,10-11H2,1-5H3,(H,22,23,26);4-7,10,13H,8-9H2,1-3H3,(H,23,24,27);4-7,10,13H,8-9H2,1-3H3,(H,23,27);5-8,11,14H,9-10H2,1-4H3,(H,20,21,24);5-8,11,14H,9-10H2,1-4H3,(H,20,24)/t16-;2*13-;2*14-/m00000/s1. The molecule has 5 atom stereocenters. The lowest BCUT2D eigenvalue weighted by Gasteiger charge is -2.24. The Morgan fingerprint density at radius 1 is 0.321 bits per heavy atom. The predicted molar refractivity (Wildman–Crippen MR) is 494 cm³/mol. The highest BCUT2D eigenvalue weighted by molar-refractivity contribution is 6.11. The van der Waals surface area contributed by atoms with Crippen molar-refractivity contribution >= 4 is 117 Å². The fraction of sp³-hybridized carbons (Fsp3) is 0.433. The molecule has 5 aliphatic heterocycles. The van der Waals surface area contributed by atoms with Gasteiger partial charge < -0.3 is 57.5 Å². The van der Waals surface area contributed by atoms with Gasteiger partial charge in [-0.1, -0.05) is 156 Å². The number of benzene rings is 5. The van der Waals surface area contributed by atoms with Crippen molar-refractivity contribution in [3.8, 4) is 23.0 Å². The van der Waals surface area contributed by atoms with Crippen LogP contribution in [0.25, 0.3) is 0 Å². The molecule has 5 aromatic heterocycles. The number of rotatable bonds is 20. The number of aromatic nitrogens is 5. The Hall–Kier alpha value is -14.4. The number of alkyl halides is 6. The molecule has 5 fully saturated rings. The zero-order chi connectivity index (χ0) is 100. The summed E-state index contributed by atoms with van der Waals surface area (Å²) in [6, 6.07) is 36.6. The summed E-state index contributed by atoms with van der Waals surface area (Å²) < 4.78 is 118. The van der Waals surface area contributed by atoms with Crippen molar-refractivity contribution in [3.63, 3.8) is 0 Å². The van der Waals surface area contributed by atoms with E-state index in [9.17, 15) is 74.3 Å². The second kappa shape index (κ2) is 42.3. The van der Waals surface area contributed by atoms with E-state index in [1.165, 1.54) is 49.4 Å². The molecular weight excluding hydrogens is 1790 g/mol. The van der Waals surface area contributed by atoms with Crippen LogP contribution < -0.4 is 70.0 Å². The molecule has 10 amide bonds. The number of amides is 10. The van der Waals surface area contributed by atoms with Crippen LogP contribution in [0.15, 0.2) is 174 Å². The lowest BCUT2D eigenvalue weighted by molar-refractivity contribution is -0.275. The lowest BCUT2D eigenvalue weighted by Crippen LogP contribution is -2.41. The molecule has 5 saturated heterocycles. The van der Waals surface area contributed by atoms with E-state index in [4.69, 9.17) is 32.1 Å². The number of ether oxygens (including phenoxy) is 4. The summed E-state index contributed by atoms with van der Waals surface area (Å²) >= 11 is 0. The quantitative estimate of drug-likeness (QED) is 0.0442. The van der Waals surface area contributed by atoms with E-state index in [0.29, 0.717) is 113 Å². The van der Waals surface area contributed by atoms with Gasteiger partial charge in [-0.05, 0) is 153 Å². The van der Waals surface area contributed by atoms with Crippen molar-refractivity contribution in [1.29, 1.82) is 0 Å². The van der Waals surface area contributed by atoms with Gasteiger partial charge in [-0.2, -0.15) is 0 Å². The van der Waals surface area contributed by atoms with Crippen molar-refractivity contribution in [3.05, 3.63) is 186 Å². The Balaban J connectivity index is 0.000000164. The minimum absolute atomic E-state index is 0.0389. The average molecular weight is 1910 g/mol. The summed E-state index contributed by atoms with van der Waals surface area (Å²) in [5.74, 6) is 1.81. The number of anilines is 10. The first-order valence-corrected chi connectivity index (χ1v) is 44.2. The maximum Gasteiger partial charge on any atom is 0.573 e. The molecule has 0 bridgehead atoms. The van der Waals surface area contributed by atoms with Gasteiger partial charge in [0.1, 0.15) is 70.5 Å². The maximum absolute atomic E-state index is 12.8. The van der Waals surface area contributed by atoms with Crippen LogP contribution in [0.2, 0.25) is 0 Å². The highest BCUT2D eigenvalue weighted by atomic mass is 19.4. The highest BCUT2D eigenvalue weighted by Gasteiger charge is 2.44. The average Bonchev–Trinajstić information content (AvgIpc) is 1.64. The van der Waals surface area contributed by atoms with Gasteiger partial charge in [0.05, 0.1) is 25.6 Å². The van der Waals surface area contributed by atoms with E-state index in [-0.39, 0.29) is 118 Å². The molecule has 5 aliphatic rings. The molecule has 15 rings (SSSR count). The first-order valence-electron chi connectivity index (χ1n) is 44.2. The van der Waals surface area contributed by atoms with Gasteiger partial charge in [0, 0.05) is 118 Å². The number of carbonyl (C=O) groups excluding carboxylic acids is 10. The third-order valence-corrected chi connectivity index (χ3v) is 22.4. The molecule has 732 valence electrons. The molecule has 0 spiro atoms. The van der Waals surface area contributed by atoms with Gasteiger partial charge in [-0.25, -0.2) is 0 Å². The van der Waals surface area contributed by atoms with Crippen molar-refractivity contribution in [1.82, 2.24) is 25.8 Å². The van der Waals surface area contributed by atoms with E-state index < -0.39 is 66.2 Å². The zero-order valence-corrected chi connectivity index (χ0v) is 79.5. The first kappa shape index (κ1) is 103. The number of nitrogens with zero attached hydrogens (tertiary/aromatic N) is 10. The smallest absolute Gasteiger partial charge is 0.497 e. The van der Waals surface area contributed by atoms with E-state index in [0.717, 1.165) is 35.6 Å². The molecule has 5 N–H and O–H groups in total. The third-order valence-electron chi connectivity index (χ3n) is 22.4. The number of halogens is 6. The van der Waals surface area contributed by atoms with Gasteiger partial charge in [-0.15, -0.1) is 26.3 Å². The molecule has 40 heteroatoms. The fourth-order valence-corrected chi connectivity index (χ4v) is 14.9. The molecule has 5 aromatic carbocycles. The summed E-state index contributed by atoms with van der Waals surface area (Å²) in [7, 11) is 3.16. The van der Waals surface area contributed by atoms with Crippen LogP contribution in [0.5, 0.6) is 23.0 Å². The normalized spacial score (nSPS) is 17.5. The summed E-state index contributed by atoms with van der Waals surface area (Å²) in [4.78, 5) is 132. The van der Waals surface area contributed by atoms with Crippen LogP contribution in [0.3, 0.4) is 0 Å². The number of carbonyl (C=O) groups is 10. The molecule has 0 aliphatic carbocycles. The van der Waals surface area contributed by atoms with Crippen LogP contribution in [0, 0.1) is 0 Å². The molecule has 10 heterocycles. The van der Waals surface area contributed by atoms with E-state index in [2.05, 4.69) is 75.7 Å². The number of methoxy groups -OCH3 is 2. The van der Waals surface area contributed by atoms with Crippen molar-refractivity contribution in [2.24, 2.45) is 0 Å². The third kappa shape index (κ3) is 27.1. The van der Waals surface area contributed by atoms with Gasteiger partial charge in [0.15, 0.2) is 17.5 Å². The Kier molecular flexibility index (Phi) is 31.8. The van der Waals surface area contributed by atoms with Crippen molar-refractivity contribution in [2.75, 3.05) is 65.3 Å². The minimum Gasteiger partial charge on any atom is -0.497 e. The van der Waals surface area contributed by atoms with Crippen molar-refractivity contribution < 1.29 is 116 Å². The Morgan fingerprint density at radius 3 is 0.745 bits per heavy atom. The zero-order valence-electron chi connectivity index (χ0n) is 79.5. The van der Waals surface area contributed by atoms with E-state index in [1.807, 2.05) is 128 Å². The monoisotopic (exact) mass is 1910 g/mol. The molecule has 0 radical (unpaired) electrons. The van der Waals surface area contributed by atoms with E-state index in [1.54, 1.807) is 98.0 Å². The second-order valence-corrected chi connectivity index (χ2v) is 38.4. The molecule has 137 heavy (non-hydrogen) atoms. The summed E-state index contributed by atoms with van der Waals surface area (Å²) in [6.07, 6.45) is -6.37. The highest BCUT2D eigenvalue weighted by Crippen LogP contribution is 2.39. The largest absolute Gasteiger partial charge is 0.573 e. The van der Waals surface area contributed by atoms with E-state index >= 15 is 0 Å². The number of hydrogen-bond donors (Lipinski definition) is 5. The Morgan fingerprint density at radius 2 is 0.547 bits per heavy atom. The topological polar surface area (TPSA) is 414 Å². The van der Waals surface area contributed by atoms with Gasteiger partial charge in [0.25, 0.3) is 0 Å². The number of hydrogen-bond acceptors (Lipinski definition) is 24. The molecule has 34 nitrogen and oxygen atoms in total. The second-order valence-electron chi connectivity index (χ2n) is 38.4. The van der Waals surface area contributed by atoms with Crippen LogP contribution in [-0.2, 0) is 75.0 Å². The number of nitrogens with one attached hydrogen (secondary N) is 5. The lowest BCUT2D eigenvalue weighted by atomic mass is 9.92. The Labute approximate surface area is 786 Å². The molecular formula is C97H113F6N15O19. The Bertz CT molecular complexity index is 5630. The van der Waals surface area contributed by atoms with Gasteiger partial charge in [-0.3, -0.25) is 83.1 Å². The summed E-state index contributed by atoms with van der Waals surface area (Å²) in [6.45, 7) is 33.9. The van der Waals surface area contributed by atoms with Gasteiger partial charge in [0.2, 0.25) is 70.8 Å². The summed E-state index contributed by atoms with van der Waals surface area (Å²) in [5.41, 5.74) is 4.19. The van der Waals surface area contributed by atoms with Crippen LogP contribution >= 0.6 is 0 Å². The van der Waals surface area contributed by atoms with Crippen LogP contribution in [0.4, 0.5) is 84.0 Å². The fourth-order valence-electron chi connectivity index (χ4n) is 14.9. The minimum atomic E-state index is -4.81. The predicted octanol–water partition coefficient (Wildman–Crippen LogP) is 18.5. The molecule has 0 saturated carbocycles. The molecule has 10 aromatic rings. The summed E-state index contributed by atoms with van der Waals surface area (Å²) in [5, 5.41) is 33.1. The first-order chi connectivity index (χ1) is 64.1.